The fourth-order valence-corrected chi connectivity index (χ4v) is 3.73. The molecule has 2 N–H and O–H groups in total. The largest absolute Gasteiger partial charge is 0.336 e. The number of rotatable bonds is 4. The molecule has 1 rings (SSSR count). The van der Waals surface area contributed by atoms with Crippen molar-refractivity contribution in [3.63, 3.8) is 0 Å². The highest BCUT2D eigenvalue weighted by Gasteiger charge is 2.38. The van der Waals surface area contributed by atoms with E-state index in [0.717, 1.165) is 0 Å². The molecule has 5 nitrogen and oxygen atoms in total. The minimum atomic E-state index is -3.04. The van der Waals surface area contributed by atoms with Gasteiger partial charge in [-0.3, -0.25) is 10.1 Å². The van der Waals surface area contributed by atoms with Crippen LogP contribution in [0.15, 0.2) is 0 Å². The third-order valence-corrected chi connectivity index (χ3v) is 5.20. The van der Waals surface area contributed by atoms with Gasteiger partial charge in [-0.1, -0.05) is 48.7 Å². The molecule has 1 saturated heterocycles. The van der Waals surface area contributed by atoms with E-state index >= 15 is 0 Å². The van der Waals surface area contributed by atoms with Gasteiger partial charge in [0.1, 0.15) is 6.17 Å². The van der Waals surface area contributed by atoms with Gasteiger partial charge in [0, 0.05) is 12.0 Å². The van der Waals surface area contributed by atoms with Crippen molar-refractivity contribution in [2.45, 2.75) is 36.3 Å². The van der Waals surface area contributed by atoms with Crippen molar-refractivity contribution in [1.82, 2.24) is 10.6 Å². The minimum absolute atomic E-state index is 0.0121. The number of nitrogens with one attached hydrogen (secondary N) is 2. The number of carbonyl (C=O) groups excluding carboxylic acids is 1. The summed E-state index contributed by atoms with van der Waals surface area (Å²) in [5.41, 5.74) is 0. The van der Waals surface area contributed by atoms with Crippen LogP contribution in [0.2, 0.25) is 0 Å². The number of hydrogen-bond acceptors (Lipinski definition) is 4. The Labute approximate surface area is 128 Å². The van der Waals surface area contributed by atoms with Crippen LogP contribution < -0.4 is 10.6 Å². The van der Waals surface area contributed by atoms with E-state index in [1.165, 1.54) is 0 Å². The lowest BCUT2D eigenvalue weighted by Gasteiger charge is -2.29. The highest BCUT2D eigenvalue weighted by atomic mass is 35.6. The molecule has 112 valence electrons. The predicted molar refractivity (Wildman–Crippen MR) is 77.3 cm³/mol. The molecule has 0 unspecified atom stereocenters. The Morgan fingerprint density at radius 1 is 1.32 bits per heavy atom. The Kier molecular flexibility index (Phi) is 5.78. The van der Waals surface area contributed by atoms with E-state index in [1.807, 2.05) is 0 Å². The van der Waals surface area contributed by atoms with Gasteiger partial charge in [-0.2, -0.15) is 0 Å². The summed E-state index contributed by atoms with van der Waals surface area (Å²) >= 11 is 17.4. The molecule has 0 saturated carbocycles. The van der Waals surface area contributed by atoms with E-state index in [0.29, 0.717) is 6.42 Å². The van der Waals surface area contributed by atoms with E-state index < -0.39 is 19.8 Å². The van der Waals surface area contributed by atoms with Crippen LogP contribution in [0.5, 0.6) is 0 Å². The zero-order valence-electron chi connectivity index (χ0n) is 10.6. The first-order valence-electron chi connectivity index (χ1n) is 5.85. The van der Waals surface area contributed by atoms with Crippen molar-refractivity contribution in [3.05, 3.63) is 0 Å². The van der Waals surface area contributed by atoms with Crippen LogP contribution in [0.25, 0.3) is 0 Å². The smallest absolute Gasteiger partial charge is 0.223 e. The summed E-state index contributed by atoms with van der Waals surface area (Å²) in [6.07, 6.45) is -0.484. The summed E-state index contributed by atoms with van der Waals surface area (Å²) in [6.45, 7) is 3.43. The molecule has 0 radical (unpaired) electrons. The van der Waals surface area contributed by atoms with Gasteiger partial charge in [0.15, 0.2) is 9.84 Å². The highest BCUT2D eigenvalue weighted by Crippen LogP contribution is 2.30. The fraction of sp³-hybridized carbons (Fsp3) is 0.900. The maximum Gasteiger partial charge on any atom is 0.223 e. The average Bonchev–Trinajstić information content (AvgIpc) is 2.55. The van der Waals surface area contributed by atoms with Crippen molar-refractivity contribution in [1.29, 1.82) is 0 Å². The average molecular weight is 352 g/mol. The lowest BCUT2D eigenvalue weighted by Crippen LogP contribution is -2.57. The maximum atomic E-state index is 11.7. The third-order valence-electron chi connectivity index (χ3n) is 2.77. The maximum absolute atomic E-state index is 11.7. The van der Waals surface area contributed by atoms with Crippen LogP contribution >= 0.6 is 34.8 Å². The molecule has 0 aromatic rings. The minimum Gasteiger partial charge on any atom is -0.336 e. The topological polar surface area (TPSA) is 75.3 Å². The van der Waals surface area contributed by atoms with E-state index in [4.69, 9.17) is 34.8 Å². The molecule has 2 atom stereocenters. The SMILES string of the molecule is CC(C)C(=O)N[C@@H](N[C@H]1CCS(=O)(=O)C1)C(Cl)(Cl)Cl. The number of carbonyl (C=O) groups is 1. The van der Waals surface area contributed by atoms with Gasteiger partial charge in [0.2, 0.25) is 9.70 Å². The van der Waals surface area contributed by atoms with Crippen LogP contribution in [0.1, 0.15) is 20.3 Å². The number of amides is 1. The predicted octanol–water partition coefficient (Wildman–Crippen LogP) is 1.23. The molecule has 1 aliphatic heterocycles. The first-order chi connectivity index (χ1) is 8.51. The van der Waals surface area contributed by atoms with Crippen LogP contribution in [-0.2, 0) is 14.6 Å². The molecule has 0 aromatic heterocycles. The second-order valence-electron chi connectivity index (χ2n) is 4.90. The number of alkyl halides is 3. The van der Waals surface area contributed by atoms with Gasteiger partial charge in [-0.25, -0.2) is 8.42 Å². The normalized spacial score (nSPS) is 24.4. The van der Waals surface area contributed by atoms with E-state index in [9.17, 15) is 13.2 Å². The lowest BCUT2D eigenvalue weighted by atomic mass is 10.2. The highest BCUT2D eigenvalue weighted by molar-refractivity contribution is 7.91. The van der Waals surface area contributed by atoms with Crippen molar-refractivity contribution >= 4 is 50.5 Å². The third kappa shape index (κ3) is 5.63. The zero-order chi connectivity index (χ0) is 14.8. The van der Waals surface area contributed by atoms with Gasteiger partial charge in [0.25, 0.3) is 0 Å². The fourth-order valence-electron chi connectivity index (χ4n) is 1.69. The molecule has 9 heteroatoms. The quantitative estimate of drug-likeness (QED) is 0.590. The standard InChI is InChI=1S/C10H17Cl3N2O3S/c1-6(2)8(16)15-9(10(11,12)13)14-7-3-4-19(17,18)5-7/h6-7,9,14H,3-5H2,1-2H3,(H,15,16)/t7-,9+/m0/s1. The molecule has 1 fully saturated rings. The molecular formula is C10H17Cl3N2O3S. The molecule has 19 heavy (non-hydrogen) atoms. The Balaban J connectivity index is 2.69. The van der Waals surface area contributed by atoms with Crippen molar-refractivity contribution in [2.24, 2.45) is 5.92 Å². The second kappa shape index (κ2) is 6.35. The summed E-state index contributed by atoms with van der Waals surface area (Å²) in [5.74, 6) is -0.439. The molecule has 0 spiro atoms. The second-order valence-corrected chi connectivity index (χ2v) is 9.50. The molecule has 0 aliphatic carbocycles. The first-order valence-corrected chi connectivity index (χ1v) is 8.80. The number of hydrogen-bond donors (Lipinski definition) is 2. The Bertz CT molecular complexity index is 434. The molecule has 0 bridgehead atoms. The first kappa shape index (κ1) is 17.3. The van der Waals surface area contributed by atoms with E-state index in [1.54, 1.807) is 13.8 Å². The molecule has 1 heterocycles. The summed E-state index contributed by atoms with van der Waals surface area (Å²) in [5, 5.41) is 5.46. The molecular weight excluding hydrogens is 335 g/mol. The van der Waals surface area contributed by atoms with Crippen LogP contribution in [0.3, 0.4) is 0 Å². The lowest BCUT2D eigenvalue weighted by molar-refractivity contribution is -0.124. The summed E-state index contributed by atoms with van der Waals surface area (Å²) < 4.78 is 21.0. The van der Waals surface area contributed by atoms with Crippen LogP contribution in [0, 0.1) is 5.92 Å². The summed E-state index contributed by atoms with van der Waals surface area (Å²) in [7, 11) is -3.04. The van der Waals surface area contributed by atoms with E-state index in [2.05, 4.69) is 10.6 Å². The Morgan fingerprint density at radius 2 is 1.89 bits per heavy atom. The summed E-state index contributed by atoms with van der Waals surface area (Å²) in [4.78, 5) is 11.7. The molecule has 1 aliphatic rings. The van der Waals surface area contributed by atoms with Gasteiger partial charge in [0.05, 0.1) is 11.5 Å². The van der Waals surface area contributed by atoms with Crippen molar-refractivity contribution in [3.8, 4) is 0 Å². The monoisotopic (exact) mass is 350 g/mol. The Hall–Kier alpha value is 0.250. The molecule has 1 amide bonds. The number of halogens is 3. The van der Waals surface area contributed by atoms with Gasteiger partial charge < -0.3 is 5.32 Å². The van der Waals surface area contributed by atoms with Crippen LogP contribution in [0.4, 0.5) is 0 Å². The summed E-state index contributed by atoms with van der Waals surface area (Å²) in [6, 6.07) is -0.321. The number of sulfone groups is 1. The molecule has 0 aromatic carbocycles. The van der Waals surface area contributed by atoms with Crippen molar-refractivity contribution in [2.75, 3.05) is 11.5 Å². The van der Waals surface area contributed by atoms with Gasteiger partial charge in [-0.05, 0) is 6.42 Å². The van der Waals surface area contributed by atoms with E-state index in [-0.39, 0.29) is 29.4 Å². The van der Waals surface area contributed by atoms with Crippen molar-refractivity contribution < 1.29 is 13.2 Å². The van der Waals surface area contributed by atoms with Gasteiger partial charge in [-0.15, -0.1) is 0 Å². The Morgan fingerprint density at radius 3 is 2.26 bits per heavy atom. The van der Waals surface area contributed by atoms with Crippen LogP contribution in [-0.4, -0.2) is 41.8 Å². The van der Waals surface area contributed by atoms with Gasteiger partial charge >= 0.3 is 0 Å². The zero-order valence-corrected chi connectivity index (χ0v) is 13.7.